The average molecular weight is 338 g/mol. The molecule has 1 rings (SSSR count). The van der Waals surface area contributed by atoms with Gasteiger partial charge in [0.25, 0.3) is 0 Å². The van der Waals surface area contributed by atoms with E-state index in [0.717, 1.165) is 18.3 Å². The Bertz CT molecular complexity index is 332. The summed E-state index contributed by atoms with van der Waals surface area (Å²) in [4.78, 5) is 10.5. The Morgan fingerprint density at radius 2 is 2.25 bits per heavy atom. The van der Waals surface area contributed by atoms with Crippen molar-refractivity contribution in [3.63, 3.8) is 0 Å². The molecule has 0 saturated heterocycles. The van der Waals surface area contributed by atoms with Crippen LogP contribution in [0.25, 0.3) is 0 Å². The van der Waals surface area contributed by atoms with Crippen LogP contribution in [0.2, 0.25) is 0 Å². The molecule has 0 spiro atoms. The van der Waals surface area contributed by atoms with Gasteiger partial charge in [0.2, 0.25) is 0 Å². The largest absolute Gasteiger partial charge is 0.357 e. The Morgan fingerprint density at radius 1 is 1.56 bits per heavy atom. The second-order valence-corrected chi connectivity index (χ2v) is 3.36. The first-order valence-corrected chi connectivity index (χ1v) is 4.93. The molecule has 0 radical (unpaired) electrons. The van der Waals surface area contributed by atoms with Crippen LogP contribution in [-0.2, 0) is 13.6 Å². The zero-order valence-corrected chi connectivity index (χ0v) is 12.5. The first-order chi connectivity index (χ1) is 7.15. The summed E-state index contributed by atoms with van der Waals surface area (Å²) < 4.78 is 1.72. The standard InChI is InChI=1S/C9H18N6.HI/c1-5-10-9(14(2)3)11-6-8-12-7-13-15(8)4;/h7H,5-6H2,1-4H3,(H,10,11);1H. The van der Waals surface area contributed by atoms with Gasteiger partial charge in [-0.05, 0) is 6.92 Å². The number of rotatable bonds is 3. The number of guanidine groups is 1. The van der Waals surface area contributed by atoms with Crippen LogP contribution in [0.3, 0.4) is 0 Å². The van der Waals surface area contributed by atoms with E-state index in [-0.39, 0.29) is 24.0 Å². The fourth-order valence-electron chi connectivity index (χ4n) is 1.12. The van der Waals surface area contributed by atoms with Gasteiger partial charge in [0, 0.05) is 27.7 Å². The molecule has 0 aliphatic carbocycles. The summed E-state index contributed by atoms with van der Waals surface area (Å²) in [6, 6.07) is 0. The highest BCUT2D eigenvalue weighted by molar-refractivity contribution is 14.0. The van der Waals surface area contributed by atoms with Crippen LogP contribution in [0.15, 0.2) is 11.3 Å². The lowest BCUT2D eigenvalue weighted by molar-refractivity contribution is 0.580. The first-order valence-electron chi connectivity index (χ1n) is 4.93. The van der Waals surface area contributed by atoms with Gasteiger partial charge in [0.05, 0.1) is 0 Å². The predicted octanol–water partition coefficient (Wildman–Crippen LogP) is 0.460. The molecule has 0 atom stereocenters. The monoisotopic (exact) mass is 338 g/mol. The molecule has 7 heteroatoms. The summed E-state index contributed by atoms with van der Waals surface area (Å²) >= 11 is 0. The van der Waals surface area contributed by atoms with Crippen LogP contribution in [0, 0.1) is 0 Å². The summed E-state index contributed by atoms with van der Waals surface area (Å²) in [6.45, 7) is 3.44. The molecule has 0 unspecified atom stereocenters. The quantitative estimate of drug-likeness (QED) is 0.494. The molecule has 0 saturated carbocycles. The molecular formula is C9H19IN6. The van der Waals surface area contributed by atoms with Crippen LogP contribution >= 0.6 is 24.0 Å². The highest BCUT2D eigenvalue weighted by Crippen LogP contribution is 1.94. The average Bonchev–Trinajstić information content (AvgIpc) is 2.58. The Morgan fingerprint density at radius 3 is 2.69 bits per heavy atom. The van der Waals surface area contributed by atoms with Gasteiger partial charge in [0.1, 0.15) is 18.7 Å². The lowest BCUT2D eigenvalue weighted by Gasteiger charge is -2.16. The maximum Gasteiger partial charge on any atom is 0.193 e. The summed E-state index contributed by atoms with van der Waals surface area (Å²) in [6.07, 6.45) is 1.54. The summed E-state index contributed by atoms with van der Waals surface area (Å²) in [5.74, 6) is 1.72. The molecule has 6 nitrogen and oxygen atoms in total. The molecule has 0 aliphatic heterocycles. The maximum absolute atomic E-state index is 4.42. The van der Waals surface area contributed by atoms with Crippen molar-refractivity contribution in [2.24, 2.45) is 12.0 Å². The topological polar surface area (TPSA) is 58.3 Å². The highest BCUT2D eigenvalue weighted by Gasteiger charge is 2.02. The number of aryl methyl sites for hydroxylation is 1. The molecule has 1 N–H and O–H groups in total. The van der Waals surface area contributed by atoms with Crippen molar-refractivity contribution in [3.8, 4) is 0 Å². The fourth-order valence-corrected chi connectivity index (χ4v) is 1.12. The van der Waals surface area contributed by atoms with Crippen LogP contribution in [0.5, 0.6) is 0 Å². The molecular weight excluding hydrogens is 319 g/mol. The third kappa shape index (κ3) is 4.33. The second kappa shape index (κ2) is 7.42. The Kier molecular flexibility index (Phi) is 7.02. The van der Waals surface area contributed by atoms with Gasteiger partial charge in [-0.15, -0.1) is 24.0 Å². The second-order valence-electron chi connectivity index (χ2n) is 3.36. The van der Waals surface area contributed by atoms with Gasteiger partial charge >= 0.3 is 0 Å². The Balaban J connectivity index is 0.00000225. The molecule has 1 aromatic heterocycles. The fraction of sp³-hybridized carbons (Fsp3) is 0.667. The van der Waals surface area contributed by atoms with E-state index in [9.17, 15) is 0 Å². The number of nitrogens with one attached hydrogen (secondary N) is 1. The zero-order valence-electron chi connectivity index (χ0n) is 10.1. The van der Waals surface area contributed by atoms with Gasteiger partial charge in [-0.25, -0.2) is 9.98 Å². The molecule has 0 aliphatic rings. The van der Waals surface area contributed by atoms with Gasteiger partial charge in [-0.2, -0.15) is 5.10 Å². The first kappa shape index (κ1) is 15.1. The highest BCUT2D eigenvalue weighted by atomic mass is 127. The van der Waals surface area contributed by atoms with Gasteiger partial charge in [-0.1, -0.05) is 0 Å². The molecule has 0 aromatic carbocycles. The van der Waals surface area contributed by atoms with Crippen LogP contribution in [0.1, 0.15) is 12.7 Å². The molecule has 1 heterocycles. The number of nitrogens with zero attached hydrogens (tertiary/aromatic N) is 5. The van der Waals surface area contributed by atoms with E-state index in [0.29, 0.717) is 6.54 Å². The number of aliphatic imine (C=N–C) groups is 1. The van der Waals surface area contributed by atoms with Crippen molar-refractivity contribution in [3.05, 3.63) is 12.2 Å². The minimum absolute atomic E-state index is 0. The molecule has 92 valence electrons. The summed E-state index contributed by atoms with van der Waals surface area (Å²) in [5, 5.41) is 7.17. The van der Waals surface area contributed by atoms with E-state index in [4.69, 9.17) is 0 Å². The Hall–Kier alpha value is -0.860. The third-order valence-corrected chi connectivity index (χ3v) is 1.93. The smallest absolute Gasteiger partial charge is 0.193 e. The maximum atomic E-state index is 4.42. The number of halogens is 1. The van der Waals surface area contributed by atoms with E-state index in [1.165, 1.54) is 6.33 Å². The van der Waals surface area contributed by atoms with Gasteiger partial charge in [0.15, 0.2) is 5.96 Å². The summed E-state index contributed by atoms with van der Waals surface area (Å²) in [7, 11) is 5.77. The van der Waals surface area contributed by atoms with E-state index < -0.39 is 0 Å². The van der Waals surface area contributed by atoms with Crippen LogP contribution in [0.4, 0.5) is 0 Å². The number of hydrogen-bond donors (Lipinski definition) is 1. The molecule has 16 heavy (non-hydrogen) atoms. The van der Waals surface area contributed by atoms with Crippen molar-refractivity contribution < 1.29 is 0 Å². The van der Waals surface area contributed by atoms with E-state index in [1.54, 1.807) is 4.68 Å². The minimum Gasteiger partial charge on any atom is -0.357 e. The lowest BCUT2D eigenvalue weighted by atomic mass is 10.6. The van der Waals surface area contributed by atoms with Crippen molar-refractivity contribution in [2.75, 3.05) is 20.6 Å². The molecule has 0 amide bonds. The van der Waals surface area contributed by atoms with Gasteiger partial charge < -0.3 is 10.2 Å². The van der Waals surface area contributed by atoms with Crippen molar-refractivity contribution in [1.29, 1.82) is 0 Å². The third-order valence-electron chi connectivity index (χ3n) is 1.93. The molecule has 1 aromatic rings. The Labute approximate surface area is 113 Å². The zero-order chi connectivity index (χ0) is 11.3. The van der Waals surface area contributed by atoms with Crippen molar-refractivity contribution in [1.82, 2.24) is 25.0 Å². The SMILES string of the molecule is CCNC(=NCc1ncnn1C)N(C)C.I. The molecule has 0 bridgehead atoms. The normalized spacial score (nSPS) is 10.9. The van der Waals surface area contributed by atoms with E-state index >= 15 is 0 Å². The van der Waals surface area contributed by atoms with E-state index in [1.807, 2.05) is 33.0 Å². The van der Waals surface area contributed by atoms with Crippen LogP contribution < -0.4 is 5.32 Å². The lowest BCUT2D eigenvalue weighted by Crippen LogP contribution is -2.36. The minimum atomic E-state index is 0. The number of aromatic nitrogens is 3. The van der Waals surface area contributed by atoms with E-state index in [2.05, 4.69) is 20.4 Å². The van der Waals surface area contributed by atoms with Crippen molar-refractivity contribution >= 4 is 29.9 Å². The van der Waals surface area contributed by atoms with Gasteiger partial charge in [-0.3, -0.25) is 4.68 Å². The van der Waals surface area contributed by atoms with Crippen LogP contribution in [-0.4, -0.2) is 46.3 Å². The number of hydrogen-bond acceptors (Lipinski definition) is 3. The summed E-state index contributed by atoms with van der Waals surface area (Å²) in [5.41, 5.74) is 0. The molecule has 0 fully saturated rings. The predicted molar refractivity (Wildman–Crippen MR) is 74.9 cm³/mol. The van der Waals surface area contributed by atoms with Crippen molar-refractivity contribution in [2.45, 2.75) is 13.5 Å².